The fourth-order valence-electron chi connectivity index (χ4n) is 3.09. The Kier molecular flexibility index (Phi) is 6.08. The van der Waals surface area contributed by atoms with Crippen molar-refractivity contribution in [1.82, 2.24) is 9.78 Å². The normalized spacial score (nSPS) is 12.4. The third kappa shape index (κ3) is 4.34. The maximum absolute atomic E-state index is 9.28. The van der Waals surface area contributed by atoms with Gasteiger partial charge in [0.1, 0.15) is 5.01 Å². The van der Waals surface area contributed by atoms with Crippen molar-refractivity contribution in [2.45, 2.75) is 0 Å². The summed E-state index contributed by atoms with van der Waals surface area (Å²) in [4.78, 5) is 5.47. The van der Waals surface area contributed by atoms with Crippen LogP contribution in [0.25, 0.3) is 21.7 Å². The van der Waals surface area contributed by atoms with Crippen molar-refractivity contribution in [3.63, 3.8) is 0 Å². The van der Waals surface area contributed by atoms with E-state index in [-0.39, 0.29) is 5.84 Å². The molecule has 9 heteroatoms. The molecule has 0 unspecified atom stereocenters. The number of benzene rings is 3. The molecular formula is C22H17Cl2N5OS. The summed E-state index contributed by atoms with van der Waals surface area (Å²) in [5, 5.41) is 18.9. The van der Waals surface area contributed by atoms with Crippen molar-refractivity contribution < 1.29 is 5.21 Å². The number of nitrogens with two attached hydrogens (primary N) is 1. The number of aromatic nitrogens is 2. The van der Waals surface area contributed by atoms with E-state index >= 15 is 0 Å². The molecule has 1 heterocycles. The molecule has 1 aromatic heterocycles. The van der Waals surface area contributed by atoms with Crippen molar-refractivity contribution in [1.29, 1.82) is 0 Å². The first-order valence-electron chi connectivity index (χ1n) is 9.18. The zero-order chi connectivity index (χ0) is 22.0. The van der Waals surface area contributed by atoms with E-state index in [0.29, 0.717) is 31.7 Å². The van der Waals surface area contributed by atoms with Crippen molar-refractivity contribution in [3.05, 3.63) is 87.1 Å². The Morgan fingerprint density at radius 3 is 2.39 bits per heavy atom. The van der Waals surface area contributed by atoms with Crippen LogP contribution in [0.2, 0.25) is 10.0 Å². The molecular weight excluding hydrogens is 453 g/mol. The van der Waals surface area contributed by atoms with Crippen LogP contribution in [0.15, 0.2) is 76.9 Å². The molecule has 3 N–H and O–H groups in total. The highest BCUT2D eigenvalue weighted by Crippen LogP contribution is 2.39. The van der Waals surface area contributed by atoms with Gasteiger partial charge in [-0.3, -0.25) is 0 Å². The van der Waals surface area contributed by atoms with Crippen LogP contribution in [-0.2, 0) is 7.05 Å². The van der Waals surface area contributed by atoms with Crippen LogP contribution >= 0.6 is 34.5 Å². The van der Waals surface area contributed by atoms with Gasteiger partial charge in [-0.2, -0.15) is 5.10 Å². The molecule has 0 radical (unpaired) electrons. The lowest BCUT2D eigenvalue weighted by atomic mass is 9.97. The Morgan fingerprint density at radius 1 is 1.00 bits per heavy atom. The van der Waals surface area contributed by atoms with Crippen molar-refractivity contribution >= 4 is 46.1 Å². The van der Waals surface area contributed by atoms with Crippen molar-refractivity contribution in [3.8, 4) is 21.7 Å². The summed E-state index contributed by atoms with van der Waals surface area (Å²) in [6.07, 6.45) is 0. The van der Waals surface area contributed by atoms with Gasteiger partial charge in [0.2, 0.25) is 4.80 Å². The summed E-state index contributed by atoms with van der Waals surface area (Å²) in [6.45, 7) is 0. The summed E-state index contributed by atoms with van der Waals surface area (Å²) in [5.74, 6) is -0.0255. The predicted molar refractivity (Wildman–Crippen MR) is 126 cm³/mol. The van der Waals surface area contributed by atoms with Crippen LogP contribution in [0.4, 0.5) is 5.69 Å². The molecule has 0 aliphatic carbocycles. The van der Waals surface area contributed by atoms with Gasteiger partial charge in [0.05, 0.1) is 10.7 Å². The van der Waals surface area contributed by atoms with Crippen LogP contribution in [0.3, 0.4) is 0 Å². The lowest BCUT2D eigenvalue weighted by Crippen LogP contribution is -2.15. The Bertz CT molecular complexity index is 1330. The van der Waals surface area contributed by atoms with Crippen LogP contribution in [0.5, 0.6) is 0 Å². The van der Waals surface area contributed by atoms with Crippen molar-refractivity contribution in [2.75, 3.05) is 0 Å². The number of nitrogens with zero attached hydrogens (tertiary/aromatic N) is 4. The minimum absolute atomic E-state index is 0.0255. The highest BCUT2D eigenvalue weighted by Gasteiger charge is 2.17. The number of oxime groups is 1. The van der Waals surface area contributed by atoms with Gasteiger partial charge >= 0.3 is 0 Å². The summed E-state index contributed by atoms with van der Waals surface area (Å²) in [5.41, 5.74) is 9.45. The molecule has 0 aliphatic heterocycles. The summed E-state index contributed by atoms with van der Waals surface area (Å²) >= 11 is 14.0. The molecule has 6 nitrogen and oxygen atoms in total. The summed E-state index contributed by atoms with van der Waals surface area (Å²) in [7, 11) is 1.82. The largest absolute Gasteiger partial charge is 0.409 e. The second kappa shape index (κ2) is 8.93. The maximum Gasteiger partial charge on any atom is 0.208 e. The van der Waals surface area contributed by atoms with Crippen LogP contribution < -0.4 is 10.5 Å². The zero-order valence-electron chi connectivity index (χ0n) is 16.3. The van der Waals surface area contributed by atoms with E-state index in [1.807, 2.05) is 61.6 Å². The van der Waals surface area contributed by atoms with Crippen molar-refractivity contribution in [2.24, 2.45) is 22.9 Å². The maximum atomic E-state index is 9.28. The van der Waals surface area contributed by atoms with Gasteiger partial charge < -0.3 is 10.9 Å². The van der Waals surface area contributed by atoms with Gasteiger partial charge in [-0.25, -0.2) is 9.67 Å². The van der Waals surface area contributed by atoms with E-state index < -0.39 is 0 Å². The average Bonchev–Trinajstić information content (AvgIpc) is 3.15. The molecule has 0 atom stereocenters. The summed E-state index contributed by atoms with van der Waals surface area (Å²) < 4.78 is 1.69. The fourth-order valence-corrected chi connectivity index (χ4v) is 4.32. The highest BCUT2D eigenvalue weighted by atomic mass is 35.5. The monoisotopic (exact) mass is 469 g/mol. The molecule has 0 aliphatic rings. The van der Waals surface area contributed by atoms with E-state index in [1.54, 1.807) is 16.8 Å². The molecule has 156 valence electrons. The third-order valence-electron chi connectivity index (χ3n) is 4.58. The van der Waals surface area contributed by atoms with E-state index in [2.05, 4.69) is 10.3 Å². The van der Waals surface area contributed by atoms with Gasteiger partial charge in [0.25, 0.3) is 0 Å². The Morgan fingerprint density at radius 2 is 1.71 bits per heavy atom. The molecule has 0 saturated heterocycles. The zero-order valence-corrected chi connectivity index (χ0v) is 18.7. The quantitative estimate of drug-likeness (QED) is 0.180. The van der Waals surface area contributed by atoms with Crippen LogP contribution in [0.1, 0.15) is 5.56 Å². The van der Waals surface area contributed by atoms with Gasteiger partial charge in [0.15, 0.2) is 5.84 Å². The van der Waals surface area contributed by atoms with Crippen LogP contribution in [-0.4, -0.2) is 20.8 Å². The average molecular weight is 470 g/mol. The first kappa shape index (κ1) is 21.1. The molecule has 3 aromatic carbocycles. The first-order valence-corrected chi connectivity index (χ1v) is 10.8. The van der Waals surface area contributed by atoms with Crippen LogP contribution in [0, 0.1) is 0 Å². The van der Waals surface area contributed by atoms with E-state index in [9.17, 15) is 5.21 Å². The van der Waals surface area contributed by atoms with E-state index in [4.69, 9.17) is 33.9 Å². The Balaban J connectivity index is 1.95. The van der Waals surface area contributed by atoms with Gasteiger partial charge in [0, 0.05) is 28.8 Å². The van der Waals surface area contributed by atoms with Gasteiger partial charge in [-0.15, -0.1) is 0 Å². The SMILES string of the molecule is Cn1nc(-c2ccc(Cl)cc2)sc1=Nc1c(Cl)ccc(C(N)=NO)c1-c1ccccc1. The fraction of sp³-hybridized carbons (Fsp3) is 0.0455. The molecule has 0 bridgehead atoms. The molecule has 0 spiro atoms. The standard InChI is InChI=1S/C22H17Cl2N5OS/c1-29-22(31-21(27-29)14-7-9-15(23)10-8-14)26-19-17(24)12-11-16(20(25)28-30)18(19)13-5-3-2-4-6-13/h2-12,30H,1H3,(H2,25,28). The molecule has 0 amide bonds. The lowest BCUT2D eigenvalue weighted by Gasteiger charge is -2.13. The van der Waals surface area contributed by atoms with E-state index in [1.165, 1.54) is 11.3 Å². The van der Waals surface area contributed by atoms with Gasteiger partial charge in [-0.1, -0.05) is 82.2 Å². The number of amidine groups is 1. The minimum atomic E-state index is -0.0255. The number of halogens is 2. The number of hydrogen-bond donors (Lipinski definition) is 2. The smallest absolute Gasteiger partial charge is 0.208 e. The number of aryl methyl sites for hydroxylation is 1. The number of rotatable bonds is 4. The molecule has 0 fully saturated rings. The minimum Gasteiger partial charge on any atom is -0.409 e. The Hall–Kier alpha value is -3.13. The predicted octanol–water partition coefficient (Wildman–Crippen LogP) is 5.45. The second-order valence-corrected chi connectivity index (χ2v) is 8.40. The third-order valence-corrected chi connectivity index (χ3v) is 6.18. The first-order chi connectivity index (χ1) is 15.0. The topological polar surface area (TPSA) is 88.8 Å². The molecule has 4 rings (SSSR count). The van der Waals surface area contributed by atoms with E-state index in [0.717, 1.165) is 16.1 Å². The second-order valence-electron chi connectivity index (χ2n) is 6.60. The lowest BCUT2D eigenvalue weighted by molar-refractivity contribution is 0.318. The number of hydrogen-bond acceptors (Lipinski definition) is 5. The molecule has 4 aromatic rings. The molecule has 31 heavy (non-hydrogen) atoms. The highest BCUT2D eigenvalue weighted by molar-refractivity contribution is 7.12. The van der Waals surface area contributed by atoms with Gasteiger partial charge in [-0.05, 0) is 29.8 Å². The molecule has 0 saturated carbocycles. The Labute approximate surface area is 192 Å². The summed E-state index contributed by atoms with van der Waals surface area (Å²) in [6, 6.07) is 20.4.